The number of carbonyl (C=O) groups is 3. The Hall–Kier alpha value is -2.37. The molecule has 2 bridgehead atoms. The number of hydrogen-bond donors (Lipinski definition) is 1. The standard InChI is InChI=1S/C19H21NO5/c1-2-10-5-3-4-6-13(10)20-15(21)9-24-18(22)16-11-7-12-14(8-11)25-19(23)17(12)16/h3-6,11-12,14,16-17H,2,7-9H2,1H3,(H,20,21)/t11-,12-,14+,16+,17-/m0/s1. The fourth-order valence-electron chi connectivity index (χ4n) is 4.69. The predicted octanol–water partition coefficient (Wildman–Crippen LogP) is 1.93. The van der Waals surface area contributed by atoms with E-state index in [4.69, 9.17) is 9.47 Å². The van der Waals surface area contributed by atoms with Gasteiger partial charge in [0.25, 0.3) is 5.91 Å². The van der Waals surface area contributed by atoms with Crippen molar-refractivity contribution in [2.24, 2.45) is 23.7 Å². The van der Waals surface area contributed by atoms with Crippen molar-refractivity contribution in [1.82, 2.24) is 0 Å². The van der Waals surface area contributed by atoms with Crippen LogP contribution in [0, 0.1) is 23.7 Å². The van der Waals surface area contributed by atoms with Crippen LogP contribution in [0.2, 0.25) is 0 Å². The van der Waals surface area contributed by atoms with Crippen molar-refractivity contribution in [3.8, 4) is 0 Å². The van der Waals surface area contributed by atoms with E-state index in [0.717, 1.165) is 30.5 Å². The largest absolute Gasteiger partial charge is 0.462 e. The number of para-hydroxylation sites is 1. The molecule has 5 atom stereocenters. The molecule has 2 saturated carbocycles. The molecule has 1 amide bonds. The van der Waals surface area contributed by atoms with Crippen LogP contribution in [0.3, 0.4) is 0 Å². The molecular formula is C19H21NO5. The molecule has 1 heterocycles. The highest BCUT2D eigenvalue weighted by Crippen LogP contribution is 2.57. The number of anilines is 1. The number of benzene rings is 1. The number of carbonyl (C=O) groups excluding carboxylic acids is 3. The first kappa shape index (κ1) is 16.1. The number of esters is 2. The van der Waals surface area contributed by atoms with Gasteiger partial charge in [0.05, 0.1) is 11.8 Å². The van der Waals surface area contributed by atoms with Gasteiger partial charge in [-0.15, -0.1) is 0 Å². The summed E-state index contributed by atoms with van der Waals surface area (Å²) in [6, 6.07) is 7.53. The highest BCUT2D eigenvalue weighted by molar-refractivity contribution is 5.94. The Kier molecular flexibility index (Phi) is 3.98. The molecule has 0 aromatic heterocycles. The lowest BCUT2D eigenvalue weighted by Crippen LogP contribution is -2.35. The lowest BCUT2D eigenvalue weighted by Gasteiger charge is -2.22. The number of hydrogen-bond acceptors (Lipinski definition) is 5. The minimum atomic E-state index is -0.452. The Bertz CT molecular complexity index is 728. The van der Waals surface area contributed by atoms with E-state index in [1.54, 1.807) is 0 Å². The van der Waals surface area contributed by atoms with Gasteiger partial charge in [-0.3, -0.25) is 14.4 Å². The van der Waals surface area contributed by atoms with Crippen molar-refractivity contribution < 1.29 is 23.9 Å². The lowest BCUT2D eigenvalue weighted by molar-refractivity contribution is -0.157. The average molecular weight is 343 g/mol. The molecule has 0 spiro atoms. The molecule has 3 aliphatic rings. The quantitative estimate of drug-likeness (QED) is 0.826. The number of amides is 1. The molecule has 1 aromatic rings. The van der Waals surface area contributed by atoms with Crippen LogP contribution in [0.25, 0.3) is 0 Å². The molecule has 2 aliphatic carbocycles. The van der Waals surface area contributed by atoms with Crippen molar-refractivity contribution in [1.29, 1.82) is 0 Å². The van der Waals surface area contributed by atoms with E-state index in [0.29, 0.717) is 0 Å². The van der Waals surface area contributed by atoms with Crippen molar-refractivity contribution in [3.05, 3.63) is 29.8 Å². The zero-order valence-electron chi connectivity index (χ0n) is 14.1. The molecule has 1 aliphatic heterocycles. The smallest absolute Gasteiger partial charge is 0.310 e. The van der Waals surface area contributed by atoms with Crippen molar-refractivity contribution >= 4 is 23.5 Å². The Labute approximate surface area is 145 Å². The molecule has 1 N–H and O–H groups in total. The van der Waals surface area contributed by atoms with E-state index < -0.39 is 11.9 Å². The van der Waals surface area contributed by atoms with Gasteiger partial charge in [-0.1, -0.05) is 25.1 Å². The van der Waals surface area contributed by atoms with Gasteiger partial charge in [0, 0.05) is 11.6 Å². The number of aryl methyl sites for hydroxylation is 1. The second kappa shape index (κ2) is 6.17. The molecule has 0 unspecified atom stereocenters. The summed E-state index contributed by atoms with van der Waals surface area (Å²) in [5.74, 6) is -1.63. The molecular weight excluding hydrogens is 322 g/mol. The van der Waals surface area contributed by atoms with Gasteiger partial charge in [0.15, 0.2) is 6.61 Å². The van der Waals surface area contributed by atoms with Gasteiger partial charge in [0.2, 0.25) is 0 Å². The number of rotatable bonds is 5. The minimum absolute atomic E-state index is 0.0135. The van der Waals surface area contributed by atoms with E-state index in [-0.39, 0.29) is 42.3 Å². The summed E-state index contributed by atoms with van der Waals surface area (Å²) in [6.45, 7) is 1.67. The zero-order chi connectivity index (χ0) is 17.6. The molecule has 4 rings (SSSR count). The van der Waals surface area contributed by atoms with Crippen LogP contribution in [0.1, 0.15) is 25.3 Å². The summed E-state index contributed by atoms with van der Waals surface area (Å²) in [7, 11) is 0. The van der Waals surface area contributed by atoms with Crippen molar-refractivity contribution in [3.63, 3.8) is 0 Å². The third-order valence-electron chi connectivity index (χ3n) is 5.77. The third-order valence-corrected chi connectivity index (χ3v) is 5.77. The van der Waals surface area contributed by atoms with Crippen LogP contribution in [0.4, 0.5) is 5.69 Å². The SMILES string of the molecule is CCc1ccccc1NC(=O)COC(=O)[C@@H]1[C@H]2C[C@@H]3[C@@H]1C(=O)O[C@@H]3C2. The Morgan fingerprint density at radius 2 is 2.08 bits per heavy atom. The number of nitrogens with one attached hydrogen (secondary N) is 1. The van der Waals surface area contributed by atoms with Crippen LogP contribution < -0.4 is 5.32 Å². The van der Waals surface area contributed by atoms with E-state index in [1.165, 1.54) is 0 Å². The topological polar surface area (TPSA) is 81.7 Å². The van der Waals surface area contributed by atoms with Crippen LogP contribution in [0.5, 0.6) is 0 Å². The first-order valence-electron chi connectivity index (χ1n) is 8.83. The van der Waals surface area contributed by atoms with Crippen LogP contribution in [-0.4, -0.2) is 30.6 Å². The van der Waals surface area contributed by atoms with Gasteiger partial charge in [-0.05, 0) is 36.8 Å². The highest BCUT2D eigenvalue weighted by Gasteiger charge is 2.64. The van der Waals surface area contributed by atoms with Gasteiger partial charge < -0.3 is 14.8 Å². The predicted molar refractivity (Wildman–Crippen MR) is 88.5 cm³/mol. The molecule has 6 nitrogen and oxygen atoms in total. The molecule has 132 valence electrons. The molecule has 6 heteroatoms. The highest BCUT2D eigenvalue weighted by atomic mass is 16.6. The molecule has 0 radical (unpaired) electrons. The minimum Gasteiger partial charge on any atom is -0.462 e. The van der Waals surface area contributed by atoms with Gasteiger partial charge >= 0.3 is 11.9 Å². The van der Waals surface area contributed by atoms with E-state index >= 15 is 0 Å². The maximum atomic E-state index is 12.4. The molecule has 1 saturated heterocycles. The first-order chi connectivity index (χ1) is 12.1. The third kappa shape index (κ3) is 2.69. The summed E-state index contributed by atoms with van der Waals surface area (Å²) in [4.78, 5) is 36.5. The molecule has 1 aromatic carbocycles. The average Bonchev–Trinajstić information content (AvgIpc) is 3.22. The van der Waals surface area contributed by atoms with Crippen molar-refractivity contribution in [2.45, 2.75) is 32.3 Å². The van der Waals surface area contributed by atoms with Crippen LogP contribution >= 0.6 is 0 Å². The summed E-state index contributed by atoms with van der Waals surface area (Å²) in [6.07, 6.45) is 2.37. The second-order valence-electron chi connectivity index (χ2n) is 7.09. The Balaban J connectivity index is 1.35. The second-order valence-corrected chi connectivity index (χ2v) is 7.09. The summed E-state index contributed by atoms with van der Waals surface area (Å²) < 4.78 is 10.5. The van der Waals surface area contributed by atoms with Crippen LogP contribution in [-0.2, 0) is 30.3 Å². The normalized spacial score (nSPS) is 31.7. The van der Waals surface area contributed by atoms with Gasteiger partial charge in [-0.25, -0.2) is 0 Å². The molecule has 25 heavy (non-hydrogen) atoms. The summed E-state index contributed by atoms with van der Waals surface area (Å²) >= 11 is 0. The number of fused-ring (bicyclic) bond motifs is 1. The molecule has 3 fully saturated rings. The van der Waals surface area contributed by atoms with Gasteiger partial charge in [-0.2, -0.15) is 0 Å². The van der Waals surface area contributed by atoms with Crippen molar-refractivity contribution in [2.75, 3.05) is 11.9 Å². The first-order valence-corrected chi connectivity index (χ1v) is 8.83. The van der Waals surface area contributed by atoms with Crippen LogP contribution in [0.15, 0.2) is 24.3 Å². The number of ether oxygens (including phenoxy) is 2. The monoisotopic (exact) mass is 343 g/mol. The fraction of sp³-hybridized carbons (Fsp3) is 0.526. The summed E-state index contributed by atoms with van der Waals surface area (Å²) in [5, 5.41) is 2.78. The Morgan fingerprint density at radius 1 is 1.28 bits per heavy atom. The zero-order valence-corrected chi connectivity index (χ0v) is 14.1. The summed E-state index contributed by atoms with van der Waals surface area (Å²) in [5.41, 5.74) is 1.75. The van der Waals surface area contributed by atoms with E-state index in [2.05, 4.69) is 5.32 Å². The lowest BCUT2D eigenvalue weighted by atomic mass is 9.80. The fourth-order valence-corrected chi connectivity index (χ4v) is 4.69. The maximum Gasteiger partial charge on any atom is 0.310 e. The van der Waals surface area contributed by atoms with E-state index in [9.17, 15) is 14.4 Å². The van der Waals surface area contributed by atoms with E-state index in [1.807, 2.05) is 31.2 Å². The Morgan fingerprint density at radius 3 is 2.88 bits per heavy atom. The maximum absolute atomic E-state index is 12.4. The van der Waals surface area contributed by atoms with Gasteiger partial charge in [0.1, 0.15) is 6.10 Å².